The maximum atomic E-state index is 12.3. The maximum Gasteiger partial charge on any atom is 0.273 e. The first kappa shape index (κ1) is 17.1. The minimum atomic E-state index is -0.327. The molecule has 0 saturated carbocycles. The van der Waals surface area contributed by atoms with Crippen molar-refractivity contribution in [3.63, 3.8) is 0 Å². The Labute approximate surface area is 136 Å². The number of aliphatic hydroxyl groups excluding tert-OH is 1. The molecule has 1 atom stereocenters. The Hall–Kier alpha value is -2.21. The van der Waals surface area contributed by atoms with Crippen LogP contribution in [0.15, 0.2) is 30.5 Å². The molecular weight excluding hydrogens is 292 g/mol. The van der Waals surface area contributed by atoms with E-state index in [0.717, 1.165) is 11.3 Å². The Morgan fingerprint density at radius 2 is 2.13 bits per heavy atom. The van der Waals surface area contributed by atoms with Crippen LogP contribution in [0, 0.1) is 12.3 Å². The predicted molar refractivity (Wildman–Crippen MR) is 88.5 cm³/mol. The number of nitrogens with one attached hydrogen (secondary N) is 1. The largest absolute Gasteiger partial charge is 0.394 e. The molecular formula is C17H24N4O2. The first-order chi connectivity index (χ1) is 10.8. The second-order valence-corrected chi connectivity index (χ2v) is 7.01. The lowest BCUT2D eigenvalue weighted by Crippen LogP contribution is -2.40. The molecule has 0 aliphatic rings. The van der Waals surface area contributed by atoms with E-state index in [1.807, 2.05) is 31.2 Å². The van der Waals surface area contributed by atoms with Crippen LogP contribution in [0.4, 0.5) is 0 Å². The smallest absolute Gasteiger partial charge is 0.273 e. The van der Waals surface area contributed by atoms with E-state index in [9.17, 15) is 9.90 Å². The lowest BCUT2D eigenvalue weighted by atomic mass is 9.88. The topological polar surface area (TPSA) is 80.0 Å². The minimum absolute atomic E-state index is 0.0137. The second kappa shape index (κ2) is 6.91. The molecule has 1 amide bonds. The van der Waals surface area contributed by atoms with Crippen LogP contribution in [-0.2, 0) is 0 Å². The Morgan fingerprint density at radius 1 is 1.39 bits per heavy atom. The van der Waals surface area contributed by atoms with E-state index in [2.05, 4.69) is 36.4 Å². The molecule has 0 aliphatic carbocycles. The number of nitrogens with zero attached hydrogens (tertiary/aromatic N) is 3. The molecule has 0 saturated heterocycles. The summed E-state index contributed by atoms with van der Waals surface area (Å²) < 4.78 is 1.57. The van der Waals surface area contributed by atoms with E-state index >= 15 is 0 Å². The van der Waals surface area contributed by atoms with Gasteiger partial charge in [0, 0.05) is 0 Å². The number of hydrogen-bond donors (Lipinski definition) is 2. The van der Waals surface area contributed by atoms with E-state index in [0.29, 0.717) is 6.42 Å². The molecule has 1 aromatic carbocycles. The average Bonchev–Trinajstić information content (AvgIpc) is 2.95. The van der Waals surface area contributed by atoms with Gasteiger partial charge in [-0.3, -0.25) is 4.79 Å². The zero-order valence-corrected chi connectivity index (χ0v) is 14.1. The molecule has 1 unspecified atom stereocenters. The summed E-state index contributed by atoms with van der Waals surface area (Å²) in [6.07, 6.45) is 2.27. The van der Waals surface area contributed by atoms with Crippen LogP contribution in [0.3, 0.4) is 0 Å². The zero-order valence-electron chi connectivity index (χ0n) is 14.1. The fourth-order valence-electron chi connectivity index (χ4n) is 2.42. The number of hydrogen-bond acceptors (Lipinski definition) is 4. The molecule has 1 aromatic heterocycles. The van der Waals surface area contributed by atoms with E-state index in [1.165, 1.54) is 0 Å². The Bertz CT molecular complexity index is 673. The Balaban J connectivity index is 2.09. The molecule has 0 spiro atoms. The van der Waals surface area contributed by atoms with Gasteiger partial charge in [-0.05, 0) is 36.5 Å². The third-order valence-corrected chi connectivity index (χ3v) is 3.41. The van der Waals surface area contributed by atoms with Gasteiger partial charge in [0.15, 0.2) is 5.69 Å². The third kappa shape index (κ3) is 4.89. The van der Waals surface area contributed by atoms with E-state index in [4.69, 9.17) is 0 Å². The van der Waals surface area contributed by atoms with Crippen molar-refractivity contribution in [1.29, 1.82) is 0 Å². The van der Waals surface area contributed by atoms with Crippen LogP contribution in [0.5, 0.6) is 0 Å². The summed E-state index contributed by atoms with van der Waals surface area (Å²) in [6.45, 7) is 8.09. The summed E-state index contributed by atoms with van der Waals surface area (Å²) in [6, 6.07) is 7.49. The number of benzene rings is 1. The molecule has 1 heterocycles. The van der Waals surface area contributed by atoms with Crippen LogP contribution >= 0.6 is 0 Å². The highest BCUT2D eigenvalue weighted by Gasteiger charge is 2.21. The molecule has 2 rings (SSSR count). The lowest BCUT2D eigenvalue weighted by molar-refractivity contribution is 0.0892. The summed E-state index contributed by atoms with van der Waals surface area (Å²) >= 11 is 0. The van der Waals surface area contributed by atoms with E-state index < -0.39 is 0 Å². The normalized spacial score (nSPS) is 12.9. The SMILES string of the molecule is Cc1cccc(-n2cc(C(=O)NC(CO)CC(C)(C)C)nn2)c1. The molecule has 6 nitrogen and oxygen atoms in total. The van der Waals surface area contributed by atoms with Gasteiger partial charge in [0.1, 0.15) is 0 Å². The molecule has 0 radical (unpaired) electrons. The lowest BCUT2D eigenvalue weighted by Gasteiger charge is -2.25. The summed E-state index contributed by atoms with van der Waals surface area (Å²) in [5.74, 6) is -0.327. The minimum Gasteiger partial charge on any atom is -0.394 e. The molecule has 2 aromatic rings. The number of amides is 1. The van der Waals surface area contributed by atoms with Crippen LogP contribution in [0.1, 0.15) is 43.2 Å². The second-order valence-electron chi connectivity index (χ2n) is 7.01. The third-order valence-electron chi connectivity index (χ3n) is 3.41. The fraction of sp³-hybridized carbons (Fsp3) is 0.471. The molecule has 2 N–H and O–H groups in total. The van der Waals surface area contributed by atoms with Crippen molar-refractivity contribution in [2.45, 2.75) is 40.2 Å². The van der Waals surface area contributed by atoms with Gasteiger partial charge >= 0.3 is 0 Å². The average molecular weight is 316 g/mol. The number of rotatable bonds is 5. The monoisotopic (exact) mass is 316 g/mol. The van der Waals surface area contributed by atoms with Crippen LogP contribution in [0.25, 0.3) is 5.69 Å². The molecule has 23 heavy (non-hydrogen) atoms. The highest BCUT2D eigenvalue weighted by Crippen LogP contribution is 2.20. The molecule has 0 fully saturated rings. The molecule has 6 heteroatoms. The zero-order chi connectivity index (χ0) is 17.0. The maximum absolute atomic E-state index is 12.3. The van der Waals surface area contributed by atoms with E-state index in [-0.39, 0.29) is 29.7 Å². The van der Waals surface area contributed by atoms with Gasteiger partial charge in [-0.1, -0.05) is 38.1 Å². The van der Waals surface area contributed by atoms with Gasteiger partial charge in [0.05, 0.1) is 24.5 Å². The van der Waals surface area contributed by atoms with Crippen LogP contribution in [-0.4, -0.2) is 38.7 Å². The Kier molecular flexibility index (Phi) is 5.15. The standard InChI is InChI=1S/C17H24N4O2/c1-12-6-5-7-14(8-12)21-10-15(19-20-21)16(23)18-13(11-22)9-17(2,3)4/h5-8,10,13,22H,9,11H2,1-4H3,(H,18,23). The van der Waals surface area contributed by atoms with Gasteiger partial charge in [-0.2, -0.15) is 0 Å². The Morgan fingerprint density at radius 3 is 2.74 bits per heavy atom. The quantitative estimate of drug-likeness (QED) is 0.885. The summed E-state index contributed by atoms with van der Waals surface area (Å²) in [5, 5.41) is 20.2. The van der Waals surface area contributed by atoms with Gasteiger partial charge in [0.2, 0.25) is 0 Å². The van der Waals surface area contributed by atoms with E-state index in [1.54, 1.807) is 10.9 Å². The van der Waals surface area contributed by atoms with Crippen molar-refractivity contribution in [3.8, 4) is 5.69 Å². The van der Waals surface area contributed by atoms with Crippen molar-refractivity contribution in [3.05, 3.63) is 41.7 Å². The molecule has 0 aliphatic heterocycles. The van der Waals surface area contributed by atoms with Gasteiger partial charge in [-0.25, -0.2) is 4.68 Å². The van der Waals surface area contributed by atoms with Crippen molar-refractivity contribution in [1.82, 2.24) is 20.3 Å². The van der Waals surface area contributed by atoms with Crippen molar-refractivity contribution in [2.75, 3.05) is 6.61 Å². The van der Waals surface area contributed by atoms with Crippen molar-refractivity contribution < 1.29 is 9.90 Å². The van der Waals surface area contributed by atoms with Crippen LogP contribution < -0.4 is 5.32 Å². The highest BCUT2D eigenvalue weighted by atomic mass is 16.3. The van der Waals surface area contributed by atoms with Gasteiger partial charge in [0.25, 0.3) is 5.91 Å². The first-order valence-electron chi connectivity index (χ1n) is 7.69. The number of aryl methyl sites for hydroxylation is 1. The first-order valence-corrected chi connectivity index (χ1v) is 7.69. The fourth-order valence-corrected chi connectivity index (χ4v) is 2.42. The van der Waals surface area contributed by atoms with Crippen LogP contribution in [0.2, 0.25) is 0 Å². The summed E-state index contributed by atoms with van der Waals surface area (Å²) in [5.41, 5.74) is 2.21. The molecule has 0 bridgehead atoms. The van der Waals surface area contributed by atoms with Gasteiger partial charge in [-0.15, -0.1) is 5.10 Å². The molecule has 124 valence electrons. The number of carbonyl (C=O) groups is 1. The highest BCUT2D eigenvalue weighted by molar-refractivity contribution is 5.92. The summed E-state index contributed by atoms with van der Waals surface area (Å²) in [4.78, 5) is 12.3. The van der Waals surface area contributed by atoms with Gasteiger partial charge < -0.3 is 10.4 Å². The number of carbonyl (C=O) groups excluding carboxylic acids is 1. The van der Waals surface area contributed by atoms with Crippen molar-refractivity contribution >= 4 is 5.91 Å². The van der Waals surface area contributed by atoms with Crippen molar-refractivity contribution in [2.24, 2.45) is 5.41 Å². The number of aromatic nitrogens is 3. The predicted octanol–water partition coefficient (Wildman–Crippen LogP) is 2.10. The number of aliphatic hydroxyl groups is 1. The summed E-state index contributed by atoms with van der Waals surface area (Å²) in [7, 11) is 0.